The van der Waals surface area contributed by atoms with Gasteiger partial charge >= 0.3 is 0 Å². The summed E-state index contributed by atoms with van der Waals surface area (Å²) in [4.78, 5) is 12.8. The number of hydrogen-bond donors (Lipinski definition) is 1. The van der Waals surface area contributed by atoms with E-state index < -0.39 is 0 Å². The number of benzene rings is 2. The number of nitrogens with one attached hydrogen (secondary N) is 1. The molecule has 0 aliphatic carbocycles. The van der Waals surface area contributed by atoms with Gasteiger partial charge in [-0.15, -0.1) is 0 Å². The molecule has 5 heteroatoms. The van der Waals surface area contributed by atoms with Gasteiger partial charge in [-0.05, 0) is 44.0 Å². The molecule has 0 aliphatic rings. The Bertz CT molecular complexity index is 959. The van der Waals surface area contributed by atoms with Gasteiger partial charge in [-0.2, -0.15) is 0 Å². The van der Waals surface area contributed by atoms with Crippen LogP contribution in [0.3, 0.4) is 0 Å². The molecule has 1 atom stereocenters. The number of methoxy groups -OCH3 is 2. The van der Waals surface area contributed by atoms with Gasteiger partial charge in [0, 0.05) is 29.4 Å². The van der Waals surface area contributed by atoms with Crippen LogP contribution in [0.5, 0.6) is 11.5 Å². The van der Waals surface area contributed by atoms with Crippen molar-refractivity contribution in [2.75, 3.05) is 19.5 Å². The van der Waals surface area contributed by atoms with Crippen molar-refractivity contribution in [1.29, 1.82) is 0 Å². The van der Waals surface area contributed by atoms with E-state index in [0.29, 0.717) is 5.75 Å². The molecule has 136 valence electrons. The third kappa shape index (κ3) is 3.25. The van der Waals surface area contributed by atoms with Crippen molar-refractivity contribution in [3.8, 4) is 11.5 Å². The Hall–Kier alpha value is -2.95. The second-order valence-corrected chi connectivity index (χ2v) is 6.47. The van der Waals surface area contributed by atoms with E-state index in [4.69, 9.17) is 9.47 Å². The van der Waals surface area contributed by atoms with Gasteiger partial charge in [0.1, 0.15) is 17.5 Å². The van der Waals surface area contributed by atoms with Gasteiger partial charge in [-0.25, -0.2) is 0 Å². The summed E-state index contributed by atoms with van der Waals surface area (Å²) in [5.74, 6) is 1.34. The fourth-order valence-corrected chi connectivity index (χ4v) is 3.06. The first kappa shape index (κ1) is 17.9. The molecule has 0 spiro atoms. The van der Waals surface area contributed by atoms with Crippen LogP contribution in [0.15, 0.2) is 42.6 Å². The fourth-order valence-electron chi connectivity index (χ4n) is 3.06. The molecule has 26 heavy (non-hydrogen) atoms. The number of nitrogens with zero attached hydrogens (tertiary/aromatic N) is 1. The van der Waals surface area contributed by atoms with Crippen LogP contribution in [0.1, 0.15) is 24.1 Å². The Balaban J connectivity index is 1.95. The summed E-state index contributed by atoms with van der Waals surface area (Å²) in [6, 6.07) is 11.4. The monoisotopic (exact) mass is 352 g/mol. The van der Waals surface area contributed by atoms with Crippen molar-refractivity contribution in [3.63, 3.8) is 0 Å². The molecule has 1 amide bonds. The van der Waals surface area contributed by atoms with Gasteiger partial charge < -0.3 is 19.4 Å². The lowest BCUT2D eigenvalue weighted by molar-refractivity contribution is -0.118. The minimum atomic E-state index is -0.385. The van der Waals surface area contributed by atoms with E-state index in [-0.39, 0.29) is 11.9 Å². The largest absolute Gasteiger partial charge is 0.497 e. The number of ether oxygens (including phenoxy) is 2. The SMILES string of the molecule is COc1cc(OC)c2ccn(C(C)C(=O)Nc3cc(C)ccc3C)c2c1. The average molecular weight is 352 g/mol. The minimum absolute atomic E-state index is 0.0713. The van der Waals surface area contributed by atoms with Gasteiger partial charge in [0.05, 0.1) is 19.7 Å². The molecule has 0 saturated heterocycles. The maximum absolute atomic E-state index is 12.8. The first-order chi connectivity index (χ1) is 12.4. The zero-order valence-corrected chi connectivity index (χ0v) is 15.8. The molecule has 3 rings (SSSR count). The Morgan fingerprint density at radius 1 is 1.08 bits per heavy atom. The lowest BCUT2D eigenvalue weighted by atomic mass is 10.1. The molecule has 0 fully saturated rings. The topological polar surface area (TPSA) is 52.5 Å². The summed E-state index contributed by atoms with van der Waals surface area (Å²) >= 11 is 0. The summed E-state index contributed by atoms with van der Waals surface area (Å²) < 4.78 is 12.7. The van der Waals surface area contributed by atoms with Crippen molar-refractivity contribution in [1.82, 2.24) is 4.57 Å². The van der Waals surface area contributed by atoms with Gasteiger partial charge in [0.15, 0.2) is 0 Å². The molecule has 1 aromatic heterocycles. The van der Waals surface area contributed by atoms with Gasteiger partial charge in [0.25, 0.3) is 0 Å². The molecule has 0 bridgehead atoms. The van der Waals surface area contributed by atoms with Crippen LogP contribution in [0, 0.1) is 13.8 Å². The van der Waals surface area contributed by atoms with E-state index in [1.807, 2.05) is 67.9 Å². The minimum Gasteiger partial charge on any atom is -0.497 e. The number of fused-ring (bicyclic) bond motifs is 1. The molecule has 2 aromatic carbocycles. The van der Waals surface area contributed by atoms with Crippen LogP contribution in [0.4, 0.5) is 5.69 Å². The Labute approximate surface area is 153 Å². The first-order valence-electron chi connectivity index (χ1n) is 8.55. The molecule has 0 radical (unpaired) electrons. The van der Waals surface area contributed by atoms with Gasteiger partial charge in [-0.1, -0.05) is 12.1 Å². The Kier molecular flexibility index (Phi) is 4.89. The normalized spacial score (nSPS) is 12.0. The van der Waals surface area contributed by atoms with Crippen LogP contribution in [-0.2, 0) is 4.79 Å². The maximum Gasteiger partial charge on any atom is 0.247 e. The summed E-state index contributed by atoms with van der Waals surface area (Å²) in [5, 5.41) is 3.98. The van der Waals surface area contributed by atoms with E-state index in [2.05, 4.69) is 5.32 Å². The molecule has 1 unspecified atom stereocenters. The summed E-state index contributed by atoms with van der Waals surface area (Å²) in [7, 11) is 3.24. The highest BCUT2D eigenvalue weighted by molar-refractivity contribution is 5.96. The number of carbonyl (C=O) groups is 1. The molecular weight excluding hydrogens is 328 g/mol. The van der Waals surface area contributed by atoms with Gasteiger partial charge in [0.2, 0.25) is 5.91 Å². The van der Waals surface area contributed by atoms with Crippen molar-refractivity contribution in [2.24, 2.45) is 0 Å². The Morgan fingerprint density at radius 2 is 1.85 bits per heavy atom. The summed E-state index contributed by atoms with van der Waals surface area (Å²) in [6.45, 7) is 5.88. The van der Waals surface area contributed by atoms with E-state index in [0.717, 1.165) is 33.5 Å². The molecule has 1 heterocycles. The van der Waals surface area contributed by atoms with Crippen molar-refractivity contribution in [2.45, 2.75) is 26.8 Å². The first-order valence-corrected chi connectivity index (χ1v) is 8.55. The maximum atomic E-state index is 12.8. The molecule has 3 aromatic rings. The van der Waals surface area contributed by atoms with E-state index >= 15 is 0 Å². The van der Waals surface area contributed by atoms with Crippen LogP contribution >= 0.6 is 0 Å². The average Bonchev–Trinajstić information content (AvgIpc) is 3.06. The number of amides is 1. The number of hydrogen-bond acceptors (Lipinski definition) is 3. The number of carbonyl (C=O) groups excluding carboxylic acids is 1. The zero-order chi connectivity index (χ0) is 18.8. The highest BCUT2D eigenvalue weighted by Crippen LogP contribution is 2.33. The van der Waals surface area contributed by atoms with Crippen LogP contribution < -0.4 is 14.8 Å². The van der Waals surface area contributed by atoms with Crippen LogP contribution in [0.2, 0.25) is 0 Å². The molecule has 5 nitrogen and oxygen atoms in total. The van der Waals surface area contributed by atoms with Crippen LogP contribution in [0.25, 0.3) is 10.9 Å². The van der Waals surface area contributed by atoms with E-state index in [9.17, 15) is 4.79 Å². The predicted octanol–water partition coefficient (Wildman–Crippen LogP) is 4.48. The van der Waals surface area contributed by atoms with Crippen molar-refractivity contribution in [3.05, 3.63) is 53.7 Å². The highest BCUT2D eigenvalue weighted by Gasteiger charge is 2.19. The molecule has 0 saturated carbocycles. The van der Waals surface area contributed by atoms with Crippen molar-refractivity contribution >= 4 is 22.5 Å². The number of aromatic nitrogens is 1. The van der Waals surface area contributed by atoms with Gasteiger partial charge in [-0.3, -0.25) is 4.79 Å². The predicted molar refractivity (Wildman–Crippen MR) is 104 cm³/mol. The second kappa shape index (κ2) is 7.12. The smallest absolute Gasteiger partial charge is 0.247 e. The van der Waals surface area contributed by atoms with E-state index in [1.165, 1.54) is 0 Å². The lowest BCUT2D eigenvalue weighted by Crippen LogP contribution is -2.23. The molecular formula is C21H24N2O3. The third-order valence-corrected chi connectivity index (χ3v) is 4.68. The standard InChI is InChI=1S/C21H24N2O3/c1-13-6-7-14(2)18(10-13)22-21(24)15(3)23-9-8-17-19(23)11-16(25-4)12-20(17)26-5/h6-12,15H,1-5H3,(H,22,24). The highest BCUT2D eigenvalue weighted by atomic mass is 16.5. The quantitative estimate of drug-likeness (QED) is 0.737. The molecule has 0 aliphatic heterocycles. The molecule has 1 N–H and O–H groups in total. The summed E-state index contributed by atoms with van der Waals surface area (Å²) in [5.41, 5.74) is 3.88. The van der Waals surface area contributed by atoms with E-state index in [1.54, 1.807) is 14.2 Å². The number of aryl methyl sites for hydroxylation is 2. The van der Waals surface area contributed by atoms with Crippen molar-refractivity contribution < 1.29 is 14.3 Å². The number of anilines is 1. The summed E-state index contributed by atoms with van der Waals surface area (Å²) in [6.07, 6.45) is 1.90. The Morgan fingerprint density at radius 3 is 2.54 bits per heavy atom. The second-order valence-electron chi connectivity index (χ2n) is 6.47. The zero-order valence-electron chi connectivity index (χ0n) is 15.8. The lowest BCUT2D eigenvalue weighted by Gasteiger charge is -2.17. The third-order valence-electron chi connectivity index (χ3n) is 4.68. The fraction of sp³-hybridized carbons (Fsp3) is 0.286. The van der Waals surface area contributed by atoms with Crippen LogP contribution in [-0.4, -0.2) is 24.7 Å². The number of rotatable bonds is 5.